The first-order valence-electron chi connectivity index (χ1n) is 5.18. The number of benzene rings is 1. The van der Waals surface area contributed by atoms with Gasteiger partial charge in [0.1, 0.15) is 5.82 Å². The molecule has 2 nitrogen and oxygen atoms in total. The van der Waals surface area contributed by atoms with Gasteiger partial charge in [-0.2, -0.15) is 0 Å². The van der Waals surface area contributed by atoms with E-state index in [-0.39, 0.29) is 11.9 Å². The molecule has 1 aromatic carbocycles. The topological polar surface area (TPSA) is 38.9 Å². The minimum absolute atomic E-state index is 0.226. The monoisotopic (exact) mass is 314 g/mol. The van der Waals surface area contributed by atoms with E-state index in [9.17, 15) is 4.39 Å². The second-order valence-electron chi connectivity index (χ2n) is 3.84. The van der Waals surface area contributed by atoms with Gasteiger partial charge in [-0.1, -0.05) is 15.9 Å². The van der Waals surface area contributed by atoms with Crippen LogP contribution in [0.5, 0.6) is 0 Å². The van der Waals surface area contributed by atoms with Crippen LogP contribution in [0.4, 0.5) is 4.39 Å². The molecule has 0 saturated heterocycles. The minimum Gasteiger partial charge on any atom is -0.322 e. The summed E-state index contributed by atoms with van der Waals surface area (Å²) in [7, 11) is 0. The molecule has 2 aromatic rings. The Hall–Kier alpha value is -0.780. The maximum Gasteiger partial charge on any atom is 0.126 e. The van der Waals surface area contributed by atoms with Crippen molar-refractivity contribution in [1.29, 1.82) is 0 Å². The Labute approximate surface area is 112 Å². The molecule has 2 N–H and O–H groups in total. The van der Waals surface area contributed by atoms with Gasteiger partial charge in [-0.25, -0.2) is 9.37 Å². The van der Waals surface area contributed by atoms with Crippen LogP contribution < -0.4 is 5.73 Å². The molecular formula is C12H12BrFN2S. The van der Waals surface area contributed by atoms with E-state index < -0.39 is 0 Å². The Kier molecular flexibility index (Phi) is 3.91. The molecule has 0 radical (unpaired) electrons. The van der Waals surface area contributed by atoms with Crippen LogP contribution in [0.3, 0.4) is 0 Å². The van der Waals surface area contributed by atoms with Crippen LogP contribution in [0.15, 0.2) is 28.1 Å². The molecule has 0 saturated carbocycles. The van der Waals surface area contributed by atoms with Crippen molar-refractivity contribution in [2.24, 2.45) is 5.73 Å². The van der Waals surface area contributed by atoms with Crippen molar-refractivity contribution in [3.63, 3.8) is 0 Å². The first-order valence-corrected chi connectivity index (χ1v) is 6.85. The van der Waals surface area contributed by atoms with Gasteiger partial charge >= 0.3 is 0 Å². The van der Waals surface area contributed by atoms with Crippen molar-refractivity contribution in [2.45, 2.75) is 19.4 Å². The largest absolute Gasteiger partial charge is 0.322 e. The fraction of sp³-hybridized carbons (Fsp3) is 0.250. The second kappa shape index (κ2) is 5.25. The number of thiazole rings is 1. The number of hydrogen-bond donors (Lipinski definition) is 1. The molecule has 1 aromatic heterocycles. The summed E-state index contributed by atoms with van der Waals surface area (Å²) in [5.41, 5.74) is 7.46. The maximum absolute atomic E-state index is 13.6. The van der Waals surface area contributed by atoms with E-state index in [1.54, 1.807) is 23.5 Å². The van der Waals surface area contributed by atoms with E-state index in [1.165, 1.54) is 6.07 Å². The van der Waals surface area contributed by atoms with Gasteiger partial charge in [-0.3, -0.25) is 0 Å². The quantitative estimate of drug-likeness (QED) is 0.940. The molecule has 1 unspecified atom stereocenters. The molecule has 1 atom stereocenters. The normalized spacial score (nSPS) is 12.7. The summed E-state index contributed by atoms with van der Waals surface area (Å²) in [5.74, 6) is -0.226. The van der Waals surface area contributed by atoms with Crippen LogP contribution in [0.1, 0.15) is 22.3 Å². The Morgan fingerprint density at radius 2 is 2.29 bits per heavy atom. The van der Waals surface area contributed by atoms with Crippen LogP contribution in [0, 0.1) is 12.7 Å². The minimum atomic E-state index is -0.260. The number of nitrogens with zero attached hydrogens (tertiary/aromatic N) is 1. The second-order valence-corrected chi connectivity index (χ2v) is 5.82. The number of aromatic nitrogens is 1. The van der Waals surface area contributed by atoms with Gasteiger partial charge in [0, 0.05) is 9.85 Å². The lowest BCUT2D eigenvalue weighted by atomic mass is 10.0. The first-order chi connectivity index (χ1) is 8.06. The smallest absolute Gasteiger partial charge is 0.126 e. The predicted molar refractivity (Wildman–Crippen MR) is 71.6 cm³/mol. The molecule has 2 rings (SSSR count). The number of hydrogen-bond acceptors (Lipinski definition) is 3. The van der Waals surface area contributed by atoms with E-state index in [1.807, 2.05) is 12.3 Å². The molecule has 0 aliphatic carbocycles. The van der Waals surface area contributed by atoms with Crippen molar-refractivity contribution < 1.29 is 4.39 Å². The Morgan fingerprint density at radius 3 is 2.94 bits per heavy atom. The third-order valence-electron chi connectivity index (χ3n) is 2.46. The Balaban J connectivity index is 2.18. The molecule has 0 spiro atoms. The fourth-order valence-electron chi connectivity index (χ4n) is 1.59. The van der Waals surface area contributed by atoms with Gasteiger partial charge in [0.15, 0.2) is 0 Å². The summed E-state index contributed by atoms with van der Waals surface area (Å²) in [6.07, 6.45) is 0.453. The van der Waals surface area contributed by atoms with Gasteiger partial charge in [0.05, 0.1) is 16.7 Å². The summed E-state index contributed by atoms with van der Waals surface area (Å²) in [6, 6.07) is 4.62. The number of rotatable bonds is 3. The van der Waals surface area contributed by atoms with Gasteiger partial charge in [0.2, 0.25) is 0 Å². The standard InChI is InChI=1S/C12H12BrFN2S/c1-7-16-12(6-17-7)11(15)5-8-4-9(13)2-3-10(8)14/h2-4,6,11H,5,15H2,1H3. The molecule has 0 amide bonds. The summed E-state index contributed by atoms with van der Waals surface area (Å²) >= 11 is 4.88. The zero-order valence-corrected chi connectivity index (χ0v) is 11.7. The SMILES string of the molecule is Cc1nc(C(N)Cc2cc(Br)ccc2F)cs1. The molecular weight excluding hydrogens is 303 g/mol. The van der Waals surface area contributed by atoms with E-state index in [0.29, 0.717) is 12.0 Å². The lowest BCUT2D eigenvalue weighted by Gasteiger charge is -2.10. The average molecular weight is 315 g/mol. The van der Waals surface area contributed by atoms with E-state index in [2.05, 4.69) is 20.9 Å². The molecule has 0 aliphatic rings. The Morgan fingerprint density at radius 1 is 1.53 bits per heavy atom. The fourth-order valence-corrected chi connectivity index (χ4v) is 2.68. The summed E-state index contributed by atoms with van der Waals surface area (Å²) in [5, 5.41) is 2.90. The van der Waals surface area contributed by atoms with Crippen LogP contribution >= 0.6 is 27.3 Å². The highest BCUT2D eigenvalue weighted by Crippen LogP contribution is 2.22. The maximum atomic E-state index is 13.6. The Bertz CT molecular complexity index is 527. The molecule has 0 bridgehead atoms. The van der Waals surface area contributed by atoms with Gasteiger partial charge < -0.3 is 5.73 Å². The highest BCUT2D eigenvalue weighted by Gasteiger charge is 2.13. The van der Waals surface area contributed by atoms with Crippen LogP contribution in [0.2, 0.25) is 0 Å². The zero-order chi connectivity index (χ0) is 12.4. The van der Waals surface area contributed by atoms with Crippen molar-refractivity contribution in [3.05, 3.63) is 50.1 Å². The summed E-state index contributed by atoms with van der Waals surface area (Å²) in [6.45, 7) is 1.93. The molecule has 1 heterocycles. The zero-order valence-electron chi connectivity index (χ0n) is 9.28. The summed E-state index contributed by atoms with van der Waals surface area (Å²) < 4.78 is 14.4. The van der Waals surface area contributed by atoms with Crippen LogP contribution in [0.25, 0.3) is 0 Å². The highest BCUT2D eigenvalue weighted by molar-refractivity contribution is 9.10. The lowest BCUT2D eigenvalue weighted by Crippen LogP contribution is -2.14. The van der Waals surface area contributed by atoms with E-state index >= 15 is 0 Å². The van der Waals surface area contributed by atoms with Crippen molar-refractivity contribution >= 4 is 27.3 Å². The van der Waals surface area contributed by atoms with Gasteiger partial charge in [-0.15, -0.1) is 11.3 Å². The van der Waals surface area contributed by atoms with Crippen LogP contribution in [-0.4, -0.2) is 4.98 Å². The molecule has 0 fully saturated rings. The molecule has 90 valence electrons. The van der Waals surface area contributed by atoms with Crippen molar-refractivity contribution in [3.8, 4) is 0 Å². The molecule has 17 heavy (non-hydrogen) atoms. The van der Waals surface area contributed by atoms with Crippen molar-refractivity contribution in [1.82, 2.24) is 4.98 Å². The number of aryl methyl sites for hydroxylation is 1. The third kappa shape index (κ3) is 3.12. The van der Waals surface area contributed by atoms with Crippen LogP contribution in [-0.2, 0) is 6.42 Å². The van der Waals surface area contributed by atoms with Gasteiger partial charge in [-0.05, 0) is 37.1 Å². The first kappa shape index (κ1) is 12.7. The molecule has 5 heteroatoms. The average Bonchev–Trinajstić information content (AvgIpc) is 2.70. The number of halogens is 2. The number of nitrogens with two attached hydrogens (primary N) is 1. The third-order valence-corrected chi connectivity index (χ3v) is 3.75. The van der Waals surface area contributed by atoms with E-state index in [4.69, 9.17) is 5.73 Å². The lowest BCUT2D eigenvalue weighted by molar-refractivity contribution is 0.590. The van der Waals surface area contributed by atoms with Crippen molar-refractivity contribution in [2.75, 3.05) is 0 Å². The van der Waals surface area contributed by atoms with Gasteiger partial charge in [0.25, 0.3) is 0 Å². The predicted octanol–water partition coefficient (Wildman–Crippen LogP) is 3.60. The molecule has 0 aliphatic heterocycles. The van der Waals surface area contributed by atoms with E-state index in [0.717, 1.165) is 15.2 Å². The summed E-state index contributed by atoms with van der Waals surface area (Å²) in [4.78, 5) is 4.32. The highest BCUT2D eigenvalue weighted by atomic mass is 79.9.